The Morgan fingerprint density at radius 2 is 2.12 bits per heavy atom. The van der Waals surface area contributed by atoms with Crippen LogP contribution >= 0.6 is 15.9 Å². The van der Waals surface area contributed by atoms with Crippen LogP contribution in [0.4, 0.5) is 0 Å². The summed E-state index contributed by atoms with van der Waals surface area (Å²) in [6.45, 7) is 4.25. The van der Waals surface area contributed by atoms with Crippen LogP contribution in [-0.2, 0) is 13.5 Å². The number of aryl methyl sites for hydroxylation is 2. The predicted octanol–water partition coefficient (Wildman–Crippen LogP) is 1.40. The first-order valence-corrected chi connectivity index (χ1v) is 6.87. The highest BCUT2D eigenvalue weighted by atomic mass is 79.9. The highest BCUT2D eigenvalue weighted by Crippen LogP contribution is 2.35. The van der Waals surface area contributed by atoms with Gasteiger partial charge in [0, 0.05) is 19.1 Å². The van der Waals surface area contributed by atoms with Crippen molar-refractivity contribution in [1.82, 2.24) is 15.1 Å². The van der Waals surface area contributed by atoms with Crippen LogP contribution in [0, 0.1) is 12.3 Å². The average molecular weight is 302 g/mol. The molecule has 0 radical (unpaired) electrons. The molecule has 2 heterocycles. The summed E-state index contributed by atoms with van der Waals surface area (Å²) in [5.74, 6) is 0. The van der Waals surface area contributed by atoms with E-state index in [-0.39, 0.29) is 12.0 Å². The first kappa shape index (κ1) is 13.1. The Labute approximate surface area is 111 Å². The van der Waals surface area contributed by atoms with Crippen LogP contribution in [0.1, 0.15) is 24.2 Å². The van der Waals surface area contributed by atoms with Crippen molar-refractivity contribution in [1.29, 1.82) is 0 Å². The summed E-state index contributed by atoms with van der Waals surface area (Å²) in [5.41, 5.74) is 2.23. The summed E-state index contributed by atoms with van der Waals surface area (Å²) in [6, 6.07) is 0. The van der Waals surface area contributed by atoms with Gasteiger partial charge < -0.3 is 10.4 Å². The molecule has 0 atom stereocenters. The van der Waals surface area contributed by atoms with Crippen molar-refractivity contribution < 1.29 is 5.11 Å². The molecule has 0 saturated carbocycles. The third kappa shape index (κ3) is 2.56. The van der Waals surface area contributed by atoms with Gasteiger partial charge in [-0.05, 0) is 55.2 Å². The highest BCUT2D eigenvalue weighted by Gasteiger charge is 2.33. The van der Waals surface area contributed by atoms with Gasteiger partial charge in [0.05, 0.1) is 15.9 Å². The van der Waals surface area contributed by atoms with Crippen LogP contribution in [0.15, 0.2) is 4.47 Å². The molecular formula is C12H20BrN3O. The minimum atomic E-state index is 0.0218. The molecule has 2 rings (SSSR count). The molecule has 0 aliphatic carbocycles. The molecule has 1 aliphatic rings. The Bertz CT molecular complexity index is 397. The normalized spacial score (nSPS) is 19.5. The third-order valence-corrected chi connectivity index (χ3v) is 4.84. The van der Waals surface area contributed by atoms with Crippen LogP contribution in [0.3, 0.4) is 0 Å². The molecule has 0 aromatic carbocycles. The molecule has 1 saturated heterocycles. The Morgan fingerprint density at radius 1 is 1.47 bits per heavy atom. The number of hydrogen-bond donors (Lipinski definition) is 2. The lowest BCUT2D eigenvalue weighted by Crippen LogP contribution is -2.41. The fourth-order valence-corrected chi connectivity index (χ4v) is 3.05. The highest BCUT2D eigenvalue weighted by molar-refractivity contribution is 9.10. The zero-order valence-corrected chi connectivity index (χ0v) is 12.0. The number of rotatable bonds is 3. The lowest BCUT2D eigenvalue weighted by atomic mass is 9.76. The second-order valence-corrected chi connectivity index (χ2v) is 5.85. The second kappa shape index (κ2) is 5.08. The standard InChI is InChI=1S/C12H20BrN3O/c1-9-11(13)10(16(2)15-9)7-12(8-17)3-5-14-6-4-12/h14,17H,3-8H2,1-2H3. The number of aromatic nitrogens is 2. The molecule has 0 spiro atoms. The van der Waals surface area contributed by atoms with Gasteiger partial charge >= 0.3 is 0 Å². The van der Waals surface area contributed by atoms with Crippen molar-refractivity contribution in [3.63, 3.8) is 0 Å². The Kier molecular flexibility index (Phi) is 3.90. The summed E-state index contributed by atoms with van der Waals surface area (Å²) in [6.07, 6.45) is 2.95. The maximum absolute atomic E-state index is 9.72. The first-order valence-electron chi connectivity index (χ1n) is 6.07. The maximum Gasteiger partial charge on any atom is 0.0738 e. The van der Waals surface area contributed by atoms with E-state index < -0.39 is 0 Å². The molecule has 1 aromatic rings. The fourth-order valence-electron chi connectivity index (χ4n) is 2.58. The van der Waals surface area contributed by atoms with E-state index in [1.54, 1.807) is 0 Å². The largest absolute Gasteiger partial charge is 0.396 e. The SMILES string of the molecule is Cc1nn(C)c(CC2(CO)CCNCC2)c1Br. The van der Waals surface area contributed by atoms with E-state index in [1.165, 1.54) is 5.69 Å². The Hall–Kier alpha value is -0.390. The molecule has 0 bridgehead atoms. The van der Waals surface area contributed by atoms with Crippen LogP contribution in [-0.4, -0.2) is 34.6 Å². The molecule has 2 N–H and O–H groups in total. The van der Waals surface area contributed by atoms with Crippen LogP contribution in [0.2, 0.25) is 0 Å². The zero-order valence-electron chi connectivity index (χ0n) is 10.5. The number of piperidine rings is 1. The number of aliphatic hydroxyl groups excluding tert-OH is 1. The van der Waals surface area contributed by atoms with E-state index >= 15 is 0 Å². The quantitative estimate of drug-likeness (QED) is 0.887. The topological polar surface area (TPSA) is 50.1 Å². The molecule has 4 nitrogen and oxygen atoms in total. The molecule has 1 aliphatic heterocycles. The first-order chi connectivity index (χ1) is 8.08. The monoisotopic (exact) mass is 301 g/mol. The lowest BCUT2D eigenvalue weighted by molar-refractivity contribution is 0.0872. The summed E-state index contributed by atoms with van der Waals surface area (Å²) in [5, 5.41) is 17.5. The molecule has 17 heavy (non-hydrogen) atoms. The van der Waals surface area contributed by atoms with E-state index in [0.717, 1.165) is 42.5 Å². The van der Waals surface area contributed by atoms with Gasteiger partial charge in [0.2, 0.25) is 0 Å². The molecule has 0 amide bonds. The van der Waals surface area contributed by atoms with Gasteiger partial charge in [-0.25, -0.2) is 0 Å². The van der Waals surface area contributed by atoms with Crippen molar-refractivity contribution in [2.45, 2.75) is 26.2 Å². The van der Waals surface area contributed by atoms with Crippen LogP contribution in [0.5, 0.6) is 0 Å². The van der Waals surface area contributed by atoms with Gasteiger partial charge in [-0.2, -0.15) is 5.10 Å². The van der Waals surface area contributed by atoms with Gasteiger partial charge in [-0.3, -0.25) is 4.68 Å². The van der Waals surface area contributed by atoms with Crippen molar-refractivity contribution in [2.24, 2.45) is 12.5 Å². The third-order valence-electron chi connectivity index (χ3n) is 3.80. The van der Waals surface area contributed by atoms with Gasteiger partial charge in [0.1, 0.15) is 0 Å². The molecule has 0 unspecified atom stereocenters. The summed E-state index contributed by atoms with van der Waals surface area (Å²) < 4.78 is 3.02. The van der Waals surface area contributed by atoms with E-state index in [2.05, 4.69) is 26.3 Å². The van der Waals surface area contributed by atoms with E-state index in [9.17, 15) is 5.11 Å². The lowest BCUT2D eigenvalue weighted by Gasteiger charge is -2.36. The second-order valence-electron chi connectivity index (χ2n) is 5.05. The average Bonchev–Trinajstić information content (AvgIpc) is 2.57. The minimum Gasteiger partial charge on any atom is -0.396 e. The number of nitrogens with one attached hydrogen (secondary N) is 1. The smallest absolute Gasteiger partial charge is 0.0738 e. The van der Waals surface area contributed by atoms with Gasteiger partial charge in [-0.15, -0.1) is 0 Å². The summed E-state index contributed by atoms with van der Waals surface area (Å²) in [7, 11) is 1.97. The molecule has 1 fully saturated rings. The minimum absolute atomic E-state index is 0.0218. The Balaban J connectivity index is 2.23. The maximum atomic E-state index is 9.72. The van der Waals surface area contributed by atoms with Crippen molar-refractivity contribution in [3.05, 3.63) is 15.9 Å². The molecular weight excluding hydrogens is 282 g/mol. The van der Waals surface area contributed by atoms with E-state index in [4.69, 9.17) is 0 Å². The van der Waals surface area contributed by atoms with Gasteiger partial charge in [0.25, 0.3) is 0 Å². The number of nitrogens with zero attached hydrogens (tertiary/aromatic N) is 2. The van der Waals surface area contributed by atoms with Gasteiger partial charge in [0.15, 0.2) is 0 Å². The Morgan fingerprint density at radius 3 is 2.59 bits per heavy atom. The van der Waals surface area contributed by atoms with Crippen molar-refractivity contribution in [3.8, 4) is 0 Å². The number of halogens is 1. The van der Waals surface area contributed by atoms with E-state index in [1.807, 2.05) is 18.7 Å². The summed E-state index contributed by atoms with van der Waals surface area (Å²) >= 11 is 3.60. The van der Waals surface area contributed by atoms with Crippen molar-refractivity contribution >= 4 is 15.9 Å². The molecule has 5 heteroatoms. The number of hydrogen-bond acceptors (Lipinski definition) is 3. The van der Waals surface area contributed by atoms with E-state index in [0.29, 0.717) is 0 Å². The summed E-state index contributed by atoms with van der Waals surface area (Å²) in [4.78, 5) is 0. The zero-order chi connectivity index (χ0) is 12.5. The molecule has 1 aromatic heterocycles. The van der Waals surface area contributed by atoms with Crippen LogP contribution < -0.4 is 5.32 Å². The van der Waals surface area contributed by atoms with Crippen molar-refractivity contribution in [2.75, 3.05) is 19.7 Å². The van der Waals surface area contributed by atoms with Gasteiger partial charge in [-0.1, -0.05) is 0 Å². The fraction of sp³-hybridized carbons (Fsp3) is 0.750. The van der Waals surface area contributed by atoms with Crippen LogP contribution in [0.25, 0.3) is 0 Å². The predicted molar refractivity (Wildman–Crippen MR) is 71.0 cm³/mol. The molecule has 96 valence electrons. The number of aliphatic hydroxyl groups is 1.